The van der Waals surface area contributed by atoms with Crippen molar-refractivity contribution in [3.8, 4) is 0 Å². The SMILES string of the molecule is [CH2]C(CC)C(N)CC. The van der Waals surface area contributed by atoms with Gasteiger partial charge in [0.2, 0.25) is 0 Å². The maximum atomic E-state index is 5.66. The van der Waals surface area contributed by atoms with Gasteiger partial charge in [-0.3, -0.25) is 0 Å². The molecule has 8 heavy (non-hydrogen) atoms. The van der Waals surface area contributed by atoms with E-state index in [1.165, 1.54) is 0 Å². The Hall–Kier alpha value is -0.0400. The third-order valence-electron chi connectivity index (χ3n) is 1.60. The number of rotatable bonds is 3. The molecule has 0 aromatic rings. The van der Waals surface area contributed by atoms with Crippen LogP contribution in [0.3, 0.4) is 0 Å². The second-order valence-corrected chi connectivity index (χ2v) is 2.24. The molecule has 2 N–H and O–H groups in total. The highest BCUT2D eigenvalue weighted by Crippen LogP contribution is 2.06. The van der Waals surface area contributed by atoms with Gasteiger partial charge < -0.3 is 5.73 Å². The Morgan fingerprint density at radius 2 is 1.88 bits per heavy atom. The van der Waals surface area contributed by atoms with E-state index >= 15 is 0 Å². The first-order valence-corrected chi connectivity index (χ1v) is 3.31. The summed E-state index contributed by atoms with van der Waals surface area (Å²) in [5, 5.41) is 0. The normalized spacial score (nSPS) is 18.0. The summed E-state index contributed by atoms with van der Waals surface area (Å²) in [6.07, 6.45) is 2.14. The molecule has 1 heteroatoms. The van der Waals surface area contributed by atoms with Crippen LogP contribution in [-0.4, -0.2) is 6.04 Å². The molecule has 0 aliphatic rings. The van der Waals surface area contributed by atoms with Crippen LogP contribution in [0, 0.1) is 12.8 Å². The number of hydrogen-bond acceptors (Lipinski definition) is 1. The summed E-state index contributed by atoms with van der Waals surface area (Å²) >= 11 is 0. The summed E-state index contributed by atoms with van der Waals surface area (Å²) in [6, 6.07) is 0.306. The average Bonchev–Trinajstić information content (AvgIpc) is 1.84. The molecule has 0 saturated heterocycles. The predicted octanol–water partition coefficient (Wildman–Crippen LogP) is 1.58. The van der Waals surface area contributed by atoms with Crippen molar-refractivity contribution in [3.05, 3.63) is 6.92 Å². The topological polar surface area (TPSA) is 26.0 Å². The fourth-order valence-corrected chi connectivity index (χ4v) is 0.636. The van der Waals surface area contributed by atoms with E-state index in [-0.39, 0.29) is 0 Å². The molecule has 0 saturated carbocycles. The lowest BCUT2D eigenvalue weighted by atomic mass is 9.98. The monoisotopic (exact) mass is 114 g/mol. The van der Waals surface area contributed by atoms with Gasteiger partial charge in [0.1, 0.15) is 0 Å². The van der Waals surface area contributed by atoms with Crippen LogP contribution in [0.2, 0.25) is 0 Å². The Balaban J connectivity index is 3.29. The number of hydrogen-bond donors (Lipinski definition) is 1. The van der Waals surface area contributed by atoms with E-state index < -0.39 is 0 Å². The van der Waals surface area contributed by atoms with Gasteiger partial charge in [-0.25, -0.2) is 0 Å². The minimum Gasteiger partial charge on any atom is -0.327 e. The van der Waals surface area contributed by atoms with Gasteiger partial charge in [0, 0.05) is 6.04 Å². The zero-order chi connectivity index (χ0) is 6.57. The third kappa shape index (κ3) is 2.31. The van der Waals surface area contributed by atoms with Crippen molar-refractivity contribution >= 4 is 0 Å². The zero-order valence-electron chi connectivity index (χ0n) is 5.85. The Kier molecular flexibility index (Phi) is 3.88. The molecule has 0 amide bonds. The molecule has 0 aromatic carbocycles. The largest absolute Gasteiger partial charge is 0.327 e. The molecule has 0 aliphatic heterocycles. The third-order valence-corrected chi connectivity index (χ3v) is 1.60. The van der Waals surface area contributed by atoms with E-state index in [0.717, 1.165) is 12.8 Å². The van der Waals surface area contributed by atoms with Crippen molar-refractivity contribution in [1.82, 2.24) is 0 Å². The second kappa shape index (κ2) is 3.90. The molecule has 0 heterocycles. The van der Waals surface area contributed by atoms with Gasteiger partial charge in [-0.1, -0.05) is 20.3 Å². The van der Waals surface area contributed by atoms with Gasteiger partial charge in [-0.2, -0.15) is 0 Å². The molecule has 49 valence electrons. The zero-order valence-corrected chi connectivity index (χ0v) is 5.85. The van der Waals surface area contributed by atoms with Gasteiger partial charge in [0.25, 0.3) is 0 Å². The highest BCUT2D eigenvalue weighted by Gasteiger charge is 2.06. The molecular formula is C7H16N. The quantitative estimate of drug-likeness (QED) is 0.592. The Morgan fingerprint density at radius 3 is 2.00 bits per heavy atom. The minimum absolute atomic E-state index is 0.306. The summed E-state index contributed by atoms with van der Waals surface area (Å²) in [5.74, 6) is 0.444. The minimum atomic E-state index is 0.306. The van der Waals surface area contributed by atoms with E-state index in [1.807, 2.05) is 0 Å². The van der Waals surface area contributed by atoms with Crippen LogP contribution in [-0.2, 0) is 0 Å². The van der Waals surface area contributed by atoms with Crippen LogP contribution in [0.15, 0.2) is 0 Å². The highest BCUT2D eigenvalue weighted by molar-refractivity contribution is 4.71. The molecule has 1 nitrogen and oxygen atoms in total. The highest BCUT2D eigenvalue weighted by atomic mass is 14.6. The fourth-order valence-electron chi connectivity index (χ4n) is 0.636. The van der Waals surface area contributed by atoms with Gasteiger partial charge in [-0.15, -0.1) is 0 Å². The van der Waals surface area contributed by atoms with Gasteiger partial charge in [0.05, 0.1) is 0 Å². The summed E-state index contributed by atoms with van der Waals surface area (Å²) in [7, 11) is 0. The van der Waals surface area contributed by atoms with Crippen LogP contribution in [0.5, 0.6) is 0 Å². The van der Waals surface area contributed by atoms with Crippen molar-refractivity contribution in [2.24, 2.45) is 11.7 Å². The summed E-state index contributed by atoms with van der Waals surface area (Å²) < 4.78 is 0. The van der Waals surface area contributed by atoms with Gasteiger partial charge in [0.15, 0.2) is 0 Å². The van der Waals surface area contributed by atoms with Crippen molar-refractivity contribution in [2.45, 2.75) is 32.7 Å². The lowest BCUT2D eigenvalue weighted by Crippen LogP contribution is -2.26. The van der Waals surface area contributed by atoms with Crippen molar-refractivity contribution < 1.29 is 0 Å². The van der Waals surface area contributed by atoms with Crippen LogP contribution in [0.1, 0.15) is 26.7 Å². The summed E-state index contributed by atoms with van der Waals surface area (Å²) in [6.45, 7) is 8.12. The van der Waals surface area contributed by atoms with Gasteiger partial charge >= 0.3 is 0 Å². The molecule has 1 radical (unpaired) electrons. The lowest BCUT2D eigenvalue weighted by molar-refractivity contribution is 0.473. The first-order valence-electron chi connectivity index (χ1n) is 3.31. The van der Waals surface area contributed by atoms with Crippen LogP contribution in [0.25, 0.3) is 0 Å². The predicted molar refractivity (Wildman–Crippen MR) is 37.4 cm³/mol. The smallest absolute Gasteiger partial charge is 0.00644 e. The first kappa shape index (κ1) is 7.96. The van der Waals surface area contributed by atoms with Gasteiger partial charge in [-0.05, 0) is 19.3 Å². The molecule has 0 aliphatic carbocycles. The summed E-state index contributed by atoms with van der Waals surface area (Å²) in [5.41, 5.74) is 5.66. The van der Waals surface area contributed by atoms with Crippen LogP contribution < -0.4 is 5.73 Å². The van der Waals surface area contributed by atoms with Crippen LogP contribution >= 0.6 is 0 Å². The number of nitrogens with two attached hydrogens (primary N) is 1. The van der Waals surface area contributed by atoms with Crippen LogP contribution in [0.4, 0.5) is 0 Å². The average molecular weight is 114 g/mol. The standard InChI is InChI=1S/C7H16N/c1-4-6(3)7(8)5-2/h6-7H,3-5,8H2,1-2H3. The Bertz CT molecular complexity index is 44.3. The first-order chi connectivity index (χ1) is 3.72. The molecule has 2 unspecified atom stereocenters. The maximum Gasteiger partial charge on any atom is 0.00644 e. The molecule has 0 spiro atoms. The van der Waals surface area contributed by atoms with Crippen molar-refractivity contribution in [1.29, 1.82) is 0 Å². The Morgan fingerprint density at radius 1 is 1.38 bits per heavy atom. The molecule has 0 rings (SSSR count). The molecular weight excluding hydrogens is 98.1 g/mol. The molecule has 0 fully saturated rings. The lowest BCUT2D eigenvalue weighted by Gasteiger charge is -2.14. The van der Waals surface area contributed by atoms with Crippen molar-refractivity contribution in [2.75, 3.05) is 0 Å². The van der Waals surface area contributed by atoms with E-state index in [2.05, 4.69) is 20.8 Å². The van der Waals surface area contributed by atoms with Crippen molar-refractivity contribution in [3.63, 3.8) is 0 Å². The second-order valence-electron chi connectivity index (χ2n) is 2.24. The maximum absolute atomic E-state index is 5.66. The summed E-state index contributed by atoms with van der Waals surface area (Å²) in [4.78, 5) is 0. The van der Waals surface area contributed by atoms with E-state index in [1.54, 1.807) is 0 Å². The fraction of sp³-hybridized carbons (Fsp3) is 0.857. The van der Waals surface area contributed by atoms with E-state index in [4.69, 9.17) is 5.73 Å². The molecule has 0 bridgehead atoms. The van der Waals surface area contributed by atoms with E-state index in [0.29, 0.717) is 12.0 Å². The Labute approximate surface area is 52.3 Å². The molecule has 0 aromatic heterocycles. The molecule has 2 atom stereocenters. The van der Waals surface area contributed by atoms with E-state index in [9.17, 15) is 0 Å².